The normalized spacial score (nSPS) is 15.0. The third kappa shape index (κ3) is 5.67. The van der Waals surface area contributed by atoms with Gasteiger partial charge in [0, 0.05) is 18.2 Å². The minimum atomic E-state index is -0.736. The minimum Gasteiger partial charge on any atom is -0.452 e. The number of hydrogen-bond acceptors (Lipinski definition) is 6. The molecule has 142 valence electrons. The highest BCUT2D eigenvalue weighted by molar-refractivity contribution is 5.96. The Hall–Kier alpha value is -3.16. The molecule has 2 aromatic rings. The number of esters is 1. The zero-order chi connectivity index (χ0) is 19.1. The van der Waals surface area contributed by atoms with Gasteiger partial charge in [-0.05, 0) is 25.0 Å². The Labute approximate surface area is 156 Å². The van der Waals surface area contributed by atoms with E-state index in [1.165, 1.54) is 12.5 Å². The molecule has 3 amide bonds. The van der Waals surface area contributed by atoms with Crippen LogP contribution in [0.1, 0.15) is 38.0 Å². The smallest absolute Gasteiger partial charge is 0.331 e. The Balaban J connectivity index is 1.40. The molecule has 0 atom stereocenters. The number of carbonyl (C=O) groups excluding carboxylic acids is 3. The van der Waals surface area contributed by atoms with Crippen LogP contribution in [0.2, 0.25) is 0 Å². The quantitative estimate of drug-likeness (QED) is 0.617. The summed E-state index contributed by atoms with van der Waals surface area (Å²) in [6.07, 6.45) is 7.61. The van der Waals surface area contributed by atoms with Crippen molar-refractivity contribution in [2.75, 3.05) is 6.61 Å². The van der Waals surface area contributed by atoms with Gasteiger partial charge < -0.3 is 14.5 Å². The van der Waals surface area contributed by atoms with Gasteiger partial charge >= 0.3 is 12.0 Å². The highest BCUT2D eigenvalue weighted by atomic mass is 16.5. The maximum absolute atomic E-state index is 11.7. The standard InChI is InChI=1S/C19H21N3O5/c23-16(22-19(25)20-13-6-2-1-3-7-13)12-26-18(24)11-10-17-21-14-8-4-5-9-15(14)27-17/h4-5,8-11,13H,1-3,6-7,12H2,(H2,20,22,23,25)/b11-10+. The molecule has 0 saturated heterocycles. The van der Waals surface area contributed by atoms with E-state index in [4.69, 9.17) is 9.15 Å². The number of rotatable bonds is 5. The average Bonchev–Trinajstić information content (AvgIpc) is 3.08. The van der Waals surface area contributed by atoms with E-state index in [9.17, 15) is 14.4 Å². The van der Waals surface area contributed by atoms with Crippen LogP contribution in [0.25, 0.3) is 17.2 Å². The van der Waals surface area contributed by atoms with E-state index in [2.05, 4.69) is 15.6 Å². The highest BCUT2D eigenvalue weighted by Gasteiger charge is 2.17. The molecular weight excluding hydrogens is 350 g/mol. The highest BCUT2D eigenvalue weighted by Crippen LogP contribution is 2.17. The molecule has 0 unspecified atom stereocenters. The summed E-state index contributed by atoms with van der Waals surface area (Å²) in [6.45, 7) is -0.547. The Kier molecular flexibility index (Phi) is 6.19. The van der Waals surface area contributed by atoms with Crippen molar-refractivity contribution in [2.45, 2.75) is 38.1 Å². The van der Waals surface area contributed by atoms with Crippen molar-refractivity contribution in [2.24, 2.45) is 0 Å². The summed E-state index contributed by atoms with van der Waals surface area (Å²) in [5.41, 5.74) is 1.28. The van der Waals surface area contributed by atoms with Crippen molar-refractivity contribution in [3.8, 4) is 0 Å². The maximum atomic E-state index is 11.7. The molecule has 0 spiro atoms. The van der Waals surface area contributed by atoms with Crippen molar-refractivity contribution < 1.29 is 23.5 Å². The number of para-hydroxylation sites is 2. The summed E-state index contributed by atoms with van der Waals surface area (Å²) in [5.74, 6) is -1.17. The van der Waals surface area contributed by atoms with E-state index in [1.54, 1.807) is 12.1 Å². The molecule has 27 heavy (non-hydrogen) atoms. The fourth-order valence-electron chi connectivity index (χ4n) is 2.92. The molecule has 1 aliphatic rings. The molecular formula is C19H21N3O5. The zero-order valence-electron chi connectivity index (χ0n) is 14.8. The first-order valence-corrected chi connectivity index (χ1v) is 8.91. The van der Waals surface area contributed by atoms with Gasteiger partial charge in [-0.2, -0.15) is 0 Å². The van der Waals surface area contributed by atoms with E-state index in [0.717, 1.165) is 31.8 Å². The molecule has 1 saturated carbocycles. The van der Waals surface area contributed by atoms with Crippen LogP contribution in [0.4, 0.5) is 4.79 Å². The zero-order valence-corrected chi connectivity index (χ0v) is 14.8. The molecule has 1 aromatic carbocycles. The van der Waals surface area contributed by atoms with Crippen LogP contribution in [0.3, 0.4) is 0 Å². The fourth-order valence-corrected chi connectivity index (χ4v) is 2.92. The molecule has 0 radical (unpaired) electrons. The number of carbonyl (C=O) groups is 3. The second kappa shape index (κ2) is 8.98. The van der Waals surface area contributed by atoms with Crippen LogP contribution in [0.15, 0.2) is 34.8 Å². The molecule has 1 aliphatic carbocycles. The lowest BCUT2D eigenvalue weighted by molar-refractivity contribution is -0.143. The molecule has 2 N–H and O–H groups in total. The summed E-state index contributed by atoms with van der Waals surface area (Å²) in [5, 5.41) is 4.90. The lowest BCUT2D eigenvalue weighted by Gasteiger charge is -2.22. The molecule has 1 aromatic heterocycles. The number of ether oxygens (including phenoxy) is 1. The largest absolute Gasteiger partial charge is 0.452 e. The van der Waals surface area contributed by atoms with Gasteiger partial charge in [0.2, 0.25) is 5.89 Å². The minimum absolute atomic E-state index is 0.0911. The van der Waals surface area contributed by atoms with Crippen molar-refractivity contribution in [1.29, 1.82) is 0 Å². The molecule has 1 fully saturated rings. The van der Waals surface area contributed by atoms with Crippen LogP contribution in [0, 0.1) is 0 Å². The van der Waals surface area contributed by atoms with E-state index >= 15 is 0 Å². The molecule has 0 bridgehead atoms. The molecule has 8 nitrogen and oxygen atoms in total. The first-order chi connectivity index (χ1) is 13.1. The number of nitrogens with zero attached hydrogens (tertiary/aromatic N) is 1. The predicted molar refractivity (Wildman–Crippen MR) is 97.5 cm³/mol. The fraction of sp³-hybridized carbons (Fsp3) is 0.368. The summed E-state index contributed by atoms with van der Waals surface area (Å²) in [4.78, 5) is 39.3. The lowest BCUT2D eigenvalue weighted by Crippen LogP contribution is -2.46. The summed E-state index contributed by atoms with van der Waals surface area (Å²) < 4.78 is 10.2. The van der Waals surface area contributed by atoms with Gasteiger partial charge in [0.25, 0.3) is 5.91 Å². The van der Waals surface area contributed by atoms with E-state index < -0.39 is 24.5 Å². The Morgan fingerprint density at radius 3 is 2.74 bits per heavy atom. The number of benzene rings is 1. The van der Waals surface area contributed by atoms with Gasteiger partial charge in [0.05, 0.1) is 0 Å². The second-order valence-corrected chi connectivity index (χ2v) is 6.32. The van der Waals surface area contributed by atoms with Crippen molar-refractivity contribution in [3.05, 3.63) is 36.2 Å². The predicted octanol–water partition coefficient (Wildman–Crippen LogP) is 2.54. The number of oxazole rings is 1. The number of fused-ring (bicyclic) bond motifs is 1. The van der Waals surface area contributed by atoms with Gasteiger partial charge in [-0.3, -0.25) is 10.1 Å². The van der Waals surface area contributed by atoms with Crippen molar-refractivity contribution in [1.82, 2.24) is 15.6 Å². The Morgan fingerprint density at radius 1 is 1.19 bits per heavy atom. The van der Waals surface area contributed by atoms with Crippen LogP contribution in [-0.2, 0) is 14.3 Å². The topological polar surface area (TPSA) is 111 Å². The summed E-state index contributed by atoms with van der Waals surface area (Å²) in [7, 11) is 0. The average molecular weight is 371 g/mol. The molecule has 3 rings (SSSR count). The van der Waals surface area contributed by atoms with Gasteiger partial charge in [0.1, 0.15) is 5.52 Å². The number of amides is 3. The summed E-state index contributed by atoms with van der Waals surface area (Å²) >= 11 is 0. The first kappa shape index (κ1) is 18.6. The van der Waals surface area contributed by atoms with Gasteiger partial charge in [0.15, 0.2) is 12.2 Å². The van der Waals surface area contributed by atoms with E-state index in [0.29, 0.717) is 11.1 Å². The van der Waals surface area contributed by atoms with Crippen LogP contribution >= 0.6 is 0 Å². The van der Waals surface area contributed by atoms with Crippen LogP contribution in [0.5, 0.6) is 0 Å². The number of imide groups is 1. The SMILES string of the molecule is O=C(COC(=O)/C=C/c1nc2ccccc2o1)NC(=O)NC1CCCCC1. The van der Waals surface area contributed by atoms with Gasteiger partial charge in [-0.1, -0.05) is 31.4 Å². The molecule has 8 heteroatoms. The third-order valence-electron chi connectivity index (χ3n) is 4.21. The lowest BCUT2D eigenvalue weighted by atomic mass is 9.96. The van der Waals surface area contributed by atoms with Crippen molar-refractivity contribution in [3.63, 3.8) is 0 Å². The third-order valence-corrected chi connectivity index (χ3v) is 4.21. The summed E-state index contributed by atoms with van der Waals surface area (Å²) in [6, 6.07) is 6.73. The number of urea groups is 1. The Bertz CT molecular complexity index is 819. The number of hydrogen-bond donors (Lipinski definition) is 2. The van der Waals surface area contributed by atoms with Crippen LogP contribution < -0.4 is 10.6 Å². The number of nitrogens with one attached hydrogen (secondary N) is 2. The number of aromatic nitrogens is 1. The first-order valence-electron chi connectivity index (χ1n) is 8.91. The van der Waals surface area contributed by atoms with E-state index in [1.807, 2.05) is 12.1 Å². The second-order valence-electron chi connectivity index (χ2n) is 6.32. The molecule has 0 aliphatic heterocycles. The van der Waals surface area contributed by atoms with E-state index in [-0.39, 0.29) is 11.9 Å². The maximum Gasteiger partial charge on any atom is 0.331 e. The van der Waals surface area contributed by atoms with Gasteiger partial charge in [-0.15, -0.1) is 0 Å². The monoisotopic (exact) mass is 371 g/mol. The molecule has 1 heterocycles. The van der Waals surface area contributed by atoms with Crippen molar-refractivity contribution >= 4 is 35.1 Å². The van der Waals surface area contributed by atoms with Gasteiger partial charge in [-0.25, -0.2) is 14.6 Å². The Morgan fingerprint density at radius 2 is 1.96 bits per heavy atom. The van der Waals surface area contributed by atoms with Crippen LogP contribution in [-0.4, -0.2) is 35.5 Å².